The van der Waals surface area contributed by atoms with Gasteiger partial charge in [0, 0.05) is 76.6 Å². The second-order valence-electron chi connectivity index (χ2n) is 30.2. The number of aliphatic hydroxyl groups excluding tert-OH is 1. The van der Waals surface area contributed by atoms with Gasteiger partial charge in [-0.05, 0) is 280 Å². The summed E-state index contributed by atoms with van der Waals surface area (Å²) in [7, 11) is 5.20. The Hall–Kier alpha value is -13.3. The smallest absolute Gasteiger partial charge is 0.506 e. The number of nitro groups is 2. The minimum Gasteiger partial charge on any atom is -0.506 e. The average Bonchev–Trinajstić information content (AvgIpc) is 0.813. The van der Waals surface area contributed by atoms with Crippen LogP contribution in [0.1, 0.15) is 198 Å². The molecule has 826 valence electrons. The minimum absolute atomic E-state index is 0. The first kappa shape index (κ1) is 160. The SMILES string of the molecule is C.C.C.C.C.C.C.C.C.C.C.C.C.COc1cc(C)ccc1O.COc1ccc(C)cc1.Cc1ccc(C(=O)N2CCN(C)CC2)c([N+](=O)[O-])c1.Cc1ccc(Cl)cc1Cl.Cc1ccc(Cl)cc1OCCCC(=O)O.Cc1ccc(F)c(F)c1.Cc1ccc(F)cc1.Cc1ccc(O)c(N)c1.Cc1ccc(OC(F)(F)F)cc1.Cc1cccc(CO)c1.Cc1cccc(Cl)c1.Cc1cccc([N+](=O)[O-])c1.Cc1ccccc1N. The van der Waals surface area contributed by atoms with E-state index < -0.39 is 33.8 Å². The second-order valence-corrected chi connectivity index (χ2v) is 32.0. The number of carbonyl (C=O) groups is 2. The maximum absolute atomic E-state index is 12.3. The molecule has 0 radical (unpaired) electrons. The molecule has 20 nitrogen and oxygen atoms in total. The number of ether oxygens (including phenoxy) is 4. The molecule has 13 aromatic carbocycles. The number of rotatable bonds is 12. The van der Waals surface area contributed by atoms with Crippen LogP contribution in [0.2, 0.25) is 20.1 Å². The van der Waals surface area contributed by atoms with Gasteiger partial charge in [0.25, 0.3) is 17.3 Å². The van der Waals surface area contributed by atoms with E-state index in [9.17, 15) is 56.2 Å². The molecule has 1 saturated heterocycles. The van der Waals surface area contributed by atoms with E-state index >= 15 is 0 Å². The summed E-state index contributed by atoms with van der Waals surface area (Å²) in [5.74, 6) is -0.484. The van der Waals surface area contributed by atoms with Crippen LogP contribution < -0.4 is 30.4 Å². The van der Waals surface area contributed by atoms with Gasteiger partial charge < -0.3 is 60.6 Å². The summed E-state index contributed by atoms with van der Waals surface area (Å²) < 4.78 is 90.2. The van der Waals surface area contributed by atoms with E-state index in [4.69, 9.17) is 92.5 Å². The Balaban J connectivity index is -0.000000135. The number of carbonyl (C=O) groups excluding carboxylic acids is 1. The molecule has 1 aliphatic rings. The normalized spacial score (nSPS) is 9.68. The highest BCUT2D eigenvalue weighted by atomic mass is 35.5. The third-order valence-electron chi connectivity index (χ3n) is 18.2. The molecule has 1 aliphatic heterocycles. The number of carboxylic acid groups (broad SMARTS) is 1. The number of aromatic hydroxyl groups is 2. The number of phenolic OH excluding ortho intramolecular Hbond substituents is 2. The van der Waals surface area contributed by atoms with Gasteiger partial charge in [-0.3, -0.25) is 29.8 Å². The predicted molar refractivity (Wildman–Crippen MR) is 620 cm³/mol. The molecule has 14 rings (SSSR count). The number of nitrogens with zero attached hydrogens (tertiary/aromatic N) is 4. The van der Waals surface area contributed by atoms with Crippen LogP contribution in [-0.2, 0) is 11.4 Å². The number of alkyl halides is 3. The highest BCUT2D eigenvalue weighted by Gasteiger charge is 2.31. The molecule has 0 aliphatic carbocycles. The van der Waals surface area contributed by atoms with Crippen LogP contribution in [0.15, 0.2) is 279 Å². The van der Waals surface area contributed by atoms with Crippen molar-refractivity contribution in [2.75, 3.05) is 65.5 Å². The quantitative estimate of drug-likeness (QED) is 0.0165. The summed E-state index contributed by atoms with van der Waals surface area (Å²) in [4.78, 5) is 46.7. The van der Waals surface area contributed by atoms with Crippen molar-refractivity contribution in [3.05, 3.63) is 420 Å². The molecule has 1 fully saturated rings. The highest BCUT2D eigenvalue weighted by Crippen LogP contribution is 2.29. The molecule has 1 heterocycles. The van der Waals surface area contributed by atoms with E-state index in [1.807, 2.05) is 203 Å². The van der Waals surface area contributed by atoms with Crippen molar-refractivity contribution in [1.29, 1.82) is 0 Å². The zero-order chi connectivity index (χ0) is 101. The molecule has 13 aromatic rings. The van der Waals surface area contributed by atoms with Gasteiger partial charge in [-0.15, -0.1) is 13.2 Å². The molecule has 0 aromatic heterocycles. The lowest BCUT2D eigenvalue weighted by atomic mass is 10.1. The van der Waals surface area contributed by atoms with Crippen LogP contribution in [0.25, 0.3) is 0 Å². The summed E-state index contributed by atoms with van der Waals surface area (Å²) in [6, 6.07) is 79.7. The lowest BCUT2D eigenvalue weighted by Crippen LogP contribution is -2.47. The van der Waals surface area contributed by atoms with Gasteiger partial charge in [-0.25, -0.2) is 13.2 Å². The molecule has 0 unspecified atom stereocenters. The number of aryl methyl sites for hydroxylation is 13. The summed E-state index contributed by atoms with van der Waals surface area (Å²) in [5.41, 5.74) is 26.8. The van der Waals surface area contributed by atoms with Crippen LogP contribution in [0, 0.1) is 128 Å². The highest BCUT2D eigenvalue weighted by molar-refractivity contribution is 6.35. The molecule has 148 heavy (non-hydrogen) atoms. The summed E-state index contributed by atoms with van der Waals surface area (Å²) in [6.07, 6.45) is -3.98. The molecule has 8 N–H and O–H groups in total. The molecule has 0 spiro atoms. The minimum atomic E-state index is -4.60. The van der Waals surface area contributed by atoms with Crippen LogP contribution in [0.4, 0.5) is 49.1 Å². The maximum atomic E-state index is 12.3. The average molecular weight is 2150 g/mol. The van der Waals surface area contributed by atoms with Gasteiger partial charge in [-0.1, -0.05) is 305 Å². The van der Waals surface area contributed by atoms with Gasteiger partial charge in [-0.2, -0.15) is 0 Å². The summed E-state index contributed by atoms with van der Waals surface area (Å²) in [5, 5.41) is 59.2. The number of amides is 1. The third-order valence-corrected chi connectivity index (χ3v) is 19.3. The maximum Gasteiger partial charge on any atom is 0.573 e. The van der Waals surface area contributed by atoms with E-state index in [0.29, 0.717) is 53.3 Å². The number of anilines is 2. The number of piperazine rings is 1. The number of non-ortho nitro benzene ring substituents is 1. The Morgan fingerprint density at radius 1 is 0.412 bits per heavy atom. The van der Waals surface area contributed by atoms with Crippen molar-refractivity contribution in [3.8, 4) is 34.5 Å². The number of halogens is 10. The first-order valence-corrected chi connectivity index (χ1v) is 43.3. The van der Waals surface area contributed by atoms with Gasteiger partial charge in [0.2, 0.25) is 0 Å². The number of likely N-dealkylation sites (N-methyl/N-ethyl adjacent to an activating group) is 1. The van der Waals surface area contributed by atoms with Gasteiger partial charge in [0.15, 0.2) is 23.1 Å². The fourth-order valence-corrected chi connectivity index (χ4v) is 11.4. The van der Waals surface area contributed by atoms with Crippen molar-refractivity contribution >= 4 is 81.0 Å². The zero-order valence-electron chi connectivity index (χ0n) is 78.3. The number of aliphatic hydroxyl groups is 1. The van der Waals surface area contributed by atoms with Crippen LogP contribution in [0.5, 0.6) is 34.5 Å². The number of hydrogen-bond donors (Lipinski definition) is 6. The fraction of sp³-hybridized carbons (Fsp3) is 0.322. The Bertz CT molecular complexity index is 5570. The van der Waals surface area contributed by atoms with Crippen molar-refractivity contribution in [1.82, 2.24) is 9.80 Å². The van der Waals surface area contributed by atoms with E-state index in [0.717, 1.165) is 108 Å². The molecular formula is C118H170Cl4F6N6O14. The Morgan fingerprint density at radius 3 is 1.23 bits per heavy atom. The van der Waals surface area contributed by atoms with Gasteiger partial charge >= 0.3 is 12.3 Å². The summed E-state index contributed by atoms with van der Waals surface area (Å²) >= 11 is 22.8. The Labute approximate surface area is 903 Å². The van der Waals surface area contributed by atoms with E-state index in [-0.39, 0.29) is 155 Å². The molecule has 0 saturated carbocycles. The largest absolute Gasteiger partial charge is 0.573 e. The second kappa shape index (κ2) is 86.8. The van der Waals surface area contributed by atoms with Crippen molar-refractivity contribution < 1.29 is 85.2 Å². The van der Waals surface area contributed by atoms with Crippen LogP contribution in [-0.4, -0.2) is 112 Å². The molecule has 0 atom stereocenters. The van der Waals surface area contributed by atoms with E-state index in [1.165, 1.54) is 66.3 Å². The molecule has 0 bridgehead atoms. The lowest BCUT2D eigenvalue weighted by Gasteiger charge is -2.32. The lowest BCUT2D eigenvalue weighted by molar-refractivity contribution is -0.385. The van der Waals surface area contributed by atoms with Gasteiger partial charge in [0.1, 0.15) is 34.4 Å². The molecular weight excluding hydrogens is 1980 g/mol. The number of carboxylic acids is 1. The Kier molecular flexibility index (Phi) is 93.7. The zero-order valence-corrected chi connectivity index (χ0v) is 81.3. The van der Waals surface area contributed by atoms with E-state index in [2.05, 4.69) is 16.6 Å². The number of nitrogen functional groups attached to an aromatic ring is 2. The van der Waals surface area contributed by atoms with Crippen molar-refractivity contribution in [2.45, 2.75) is 212 Å². The molecule has 1 amide bonds. The number of hydrogen-bond acceptors (Lipinski definition) is 16. The van der Waals surface area contributed by atoms with Crippen LogP contribution in [0.3, 0.4) is 0 Å². The number of para-hydroxylation sites is 1. The standard InChI is InChI=1S/C13H17N3O3.C11H13ClO3.C8H7F3O.C8H10O2.2C8H10O.C7H6Cl2.C7H7Cl.C7H6F2.C7H7F.C7H7NO2.C7H9NO.C7H9N.13CH4/c1-10-3-4-11(12(9-10)16(18)19)13(17)15-7-5-14(2)6-8-15;1-8-4-5-9(12)7-10(8)15-6-2-3-11(13)14;1-6-2-4-7(5-3-6)12-8(9,10)11;1-6-3-4-7(9)8(5-6)10-2;1-7-3-5-8(9-2)6-4-7;1-7-3-2-4-8(5-7)6-9;1-5-2-3-6(8)4-7(5)9;1-6-3-2-4-7(8)5-6;1-5-2-3-6(8)7(9)4-5;1-6-2-4-7(8)5-3-6;1-6-3-2-4-7(5-6)8(9)10;1-5-2-3-7(9)6(8)4-5;1-6-4-2-3-5-7(6)8;;;;;;;;;;;;;/h3-4,9H,5-8H2,1-2H3;4-5,7H,2-3,6H2,1H3,(H,13,14);2-5H,1H3;3-5,9H,1-2H3;3-6H,1-2H3;2-5,9H,6H2,1H3;2-4H,1H3;2-5H,1H3;2-4H,1H3;2-5H,1H3;2-5H,1H3;2-4,9H,8H2,1H3;2-5H,8H2,1H3;13*1H4. The van der Waals surface area contributed by atoms with E-state index in [1.54, 1.807) is 124 Å². The number of phenols is 2. The molecule has 30 heteroatoms. The van der Waals surface area contributed by atoms with Crippen molar-refractivity contribution in [3.63, 3.8) is 0 Å². The first-order valence-electron chi connectivity index (χ1n) is 41.7. The number of nitrogens with two attached hydrogens (primary N) is 2. The first-order chi connectivity index (χ1) is 63.6. The number of nitro benzene ring substituents is 2. The van der Waals surface area contributed by atoms with Crippen molar-refractivity contribution in [2.24, 2.45) is 0 Å². The summed E-state index contributed by atoms with van der Waals surface area (Å²) in [6.45, 7) is 28.2. The number of methoxy groups -OCH3 is 2. The monoisotopic (exact) mass is 2150 g/mol. The fourth-order valence-electron chi connectivity index (χ4n) is 10.6. The number of aliphatic carboxylic acids is 1. The van der Waals surface area contributed by atoms with Gasteiger partial charge in [0.05, 0.1) is 43.0 Å². The number of benzene rings is 13. The Morgan fingerprint density at radius 2 is 0.845 bits per heavy atom. The topological polar surface area (TPSA) is 297 Å². The predicted octanol–water partition coefficient (Wildman–Crippen LogP) is 35.7. The third kappa shape index (κ3) is 71.2. The van der Waals surface area contributed by atoms with Crippen LogP contribution >= 0.6 is 46.4 Å².